The molecule has 1 aromatic heterocycles. The Labute approximate surface area is 162 Å². The average molecular weight is 386 g/mol. The van der Waals surface area contributed by atoms with E-state index in [1.165, 1.54) is 0 Å². The van der Waals surface area contributed by atoms with Crippen LogP contribution >= 0.6 is 11.8 Å². The zero-order valence-electron chi connectivity index (χ0n) is 15.8. The van der Waals surface area contributed by atoms with Gasteiger partial charge in [-0.15, -0.1) is 0 Å². The molecule has 0 bridgehead atoms. The van der Waals surface area contributed by atoms with Crippen LogP contribution in [0.2, 0.25) is 0 Å². The highest BCUT2D eigenvalue weighted by molar-refractivity contribution is 8.18. The number of esters is 1. The highest BCUT2D eigenvalue weighted by Gasteiger charge is 2.37. The van der Waals surface area contributed by atoms with Crippen molar-refractivity contribution in [2.24, 2.45) is 0 Å². The number of aromatic nitrogens is 1. The van der Waals surface area contributed by atoms with Crippen LogP contribution in [-0.2, 0) is 14.3 Å². The van der Waals surface area contributed by atoms with E-state index >= 15 is 0 Å². The number of carbonyl (C=O) groups excluding carboxylic acids is 3. The van der Waals surface area contributed by atoms with Crippen LogP contribution in [0.25, 0.3) is 17.0 Å². The van der Waals surface area contributed by atoms with Gasteiger partial charge in [-0.25, -0.2) is 0 Å². The normalized spacial score (nSPS) is 16.4. The molecule has 142 valence electrons. The van der Waals surface area contributed by atoms with Crippen molar-refractivity contribution < 1.29 is 19.1 Å². The maximum absolute atomic E-state index is 12.6. The molecular weight excluding hydrogens is 364 g/mol. The molecule has 0 radical (unpaired) electrons. The molecule has 0 N–H and O–H groups in total. The summed E-state index contributed by atoms with van der Waals surface area (Å²) in [4.78, 5) is 37.9. The van der Waals surface area contributed by atoms with E-state index in [-0.39, 0.29) is 18.7 Å². The molecule has 2 aromatic rings. The Balaban J connectivity index is 1.90. The fraction of sp³-hybridized carbons (Fsp3) is 0.350. The van der Waals surface area contributed by atoms with Crippen LogP contribution < -0.4 is 0 Å². The van der Waals surface area contributed by atoms with Crippen molar-refractivity contribution in [1.29, 1.82) is 0 Å². The Bertz CT molecular complexity index is 943. The second-order valence-corrected chi connectivity index (χ2v) is 7.90. The van der Waals surface area contributed by atoms with E-state index in [0.717, 1.165) is 33.1 Å². The van der Waals surface area contributed by atoms with Gasteiger partial charge in [-0.3, -0.25) is 19.3 Å². The van der Waals surface area contributed by atoms with Crippen LogP contribution in [0.3, 0.4) is 0 Å². The van der Waals surface area contributed by atoms with Crippen LogP contribution in [0, 0.1) is 0 Å². The number of carbonyl (C=O) groups is 3. The minimum absolute atomic E-state index is 0.262. The van der Waals surface area contributed by atoms with Gasteiger partial charge in [0.15, 0.2) is 0 Å². The van der Waals surface area contributed by atoms with Crippen molar-refractivity contribution in [3.05, 3.63) is 40.9 Å². The number of nitrogens with zero attached hydrogens (tertiary/aromatic N) is 2. The van der Waals surface area contributed by atoms with Crippen molar-refractivity contribution in [3.63, 3.8) is 0 Å². The summed E-state index contributed by atoms with van der Waals surface area (Å²) in [7, 11) is 0. The van der Waals surface area contributed by atoms with Gasteiger partial charge in [-0.2, -0.15) is 0 Å². The molecule has 2 heterocycles. The van der Waals surface area contributed by atoms with Crippen molar-refractivity contribution in [1.82, 2.24) is 9.47 Å². The number of imide groups is 1. The number of para-hydroxylation sites is 1. The quantitative estimate of drug-likeness (QED) is 0.569. The molecule has 1 saturated heterocycles. The highest BCUT2D eigenvalue weighted by atomic mass is 32.2. The Morgan fingerprint density at radius 2 is 1.89 bits per heavy atom. The van der Waals surface area contributed by atoms with E-state index in [4.69, 9.17) is 4.74 Å². The summed E-state index contributed by atoms with van der Waals surface area (Å²) in [5.41, 5.74) is 1.94. The molecule has 0 saturated carbocycles. The number of rotatable bonds is 5. The first-order valence-corrected chi connectivity index (χ1v) is 9.64. The van der Waals surface area contributed by atoms with E-state index in [1.54, 1.807) is 19.9 Å². The second-order valence-electron chi connectivity index (χ2n) is 6.91. The molecule has 0 spiro atoms. The number of amides is 2. The van der Waals surface area contributed by atoms with E-state index < -0.39 is 17.1 Å². The monoisotopic (exact) mass is 386 g/mol. The van der Waals surface area contributed by atoms with Crippen LogP contribution in [0.1, 0.15) is 39.3 Å². The van der Waals surface area contributed by atoms with Crippen LogP contribution in [-0.4, -0.2) is 39.2 Å². The number of benzene rings is 1. The van der Waals surface area contributed by atoms with E-state index in [2.05, 4.69) is 18.4 Å². The average Bonchev–Trinajstić information content (AvgIpc) is 3.08. The molecule has 1 aliphatic rings. The maximum atomic E-state index is 12.6. The fourth-order valence-corrected chi connectivity index (χ4v) is 3.81. The van der Waals surface area contributed by atoms with Gasteiger partial charge in [0.1, 0.15) is 6.54 Å². The van der Waals surface area contributed by atoms with Gasteiger partial charge in [0.05, 0.1) is 11.0 Å². The summed E-state index contributed by atoms with van der Waals surface area (Å²) in [6.07, 6.45) is 3.41. The summed E-state index contributed by atoms with van der Waals surface area (Å²) in [6.45, 7) is 7.25. The Hall–Kier alpha value is -2.54. The van der Waals surface area contributed by atoms with Crippen molar-refractivity contribution in [2.75, 3.05) is 6.54 Å². The molecule has 0 atom stereocenters. The lowest BCUT2D eigenvalue weighted by molar-refractivity contribution is -0.149. The number of fused-ring (bicyclic) bond motifs is 1. The molecule has 1 aromatic carbocycles. The lowest BCUT2D eigenvalue weighted by atomic mass is 10.1. The summed E-state index contributed by atoms with van der Waals surface area (Å²) in [6, 6.07) is 8.19. The van der Waals surface area contributed by atoms with Gasteiger partial charge in [0.25, 0.3) is 11.1 Å². The Kier molecular flexibility index (Phi) is 5.41. The number of hydrogen-bond donors (Lipinski definition) is 0. The molecule has 0 unspecified atom stereocenters. The van der Waals surface area contributed by atoms with Gasteiger partial charge in [0.2, 0.25) is 0 Å². The third-order valence-corrected chi connectivity index (χ3v) is 5.05. The summed E-state index contributed by atoms with van der Waals surface area (Å²) in [5, 5.41) is 0.553. The largest absolute Gasteiger partial charge is 0.462 e. The molecule has 3 rings (SSSR count). The predicted octanol–water partition coefficient (Wildman–Crippen LogP) is 4.21. The number of hydrogen-bond acceptors (Lipinski definition) is 5. The zero-order chi connectivity index (χ0) is 19.7. The number of ether oxygens (including phenoxy) is 1. The molecule has 0 aliphatic carbocycles. The van der Waals surface area contributed by atoms with Crippen LogP contribution in [0.15, 0.2) is 35.4 Å². The minimum Gasteiger partial charge on any atom is -0.462 e. The van der Waals surface area contributed by atoms with Crippen LogP contribution in [0.5, 0.6) is 0 Å². The third kappa shape index (κ3) is 3.93. The van der Waals surface area contributed by atoms with Crippen LogP contribution in [0.4, 0.5) is 4.79 Å². The smallest absolute Gasteiger partial charge is 0.326 e. The highest BCUT2D eigenvalue weighted by Crippen LogP contribution is 2.34. The fourth-order valence-electron chi connectivity index (χ4n) is 2.98. The predicted molar refractivity (Wildman–Crippen MR) is 106 cm³/mol. The second kappa shape index (κ2) is 7.60. The standard InChI is InChI=1S/C20H22N2O4S/c1-12(2)21-10-14(15-7-5-6-8-16(15)21)9-17-19(24)22(20(25)27-17)11-18(23)26-13(3)4/h5-10,12-13H,11H2,1-4H3/b17-9+. The lowest BCUT2D eigenvalue weighted by Gasteiger charge is -2.13. The molecule has 27 heavy (non-hydrogen) atoms. The summed E-state index contributed by atoms with van der Waals surface area (Å²) < 4.78 is 7.16. The van der Waals surface area contributed by atoms with Gasteiger partial charge in [-0.1, -0.05) is 18.2 Å². The van der Waals surface area contributed by atoms with E-state index in [9.17, 15) is 14.4 Å². The topological polar surface area (TPSA) is 68.6 Å². The van der Waals surface area contributed by atoms with E-state index in [1.807, 2.05) is 30.5 Å². The summed E-state index contributed by atoms with van der Waals surface area (Å²) in [5.74, 6) is -1.06. The third-order valence-electron chi connectivity index (χ3n) is 4.14. The van der Waals surface area contributed by atoms with Crippen molar-refractivity contribution in [3.8, 4) is 0 Å². The first-order chi connectivity index (χ1) is 12.8. The SMILES string of the molecule is CC(C)OC(=O)CN1C(=O)S/C(=C/c2cn(C(C)C)c3ccccc23)C1=O. The van der Waals surface area contributed by atoms with Gasteiger partial charge in [0, 0.05) is 28.7 Å². The van der Waals surface area contributed by atoms with Gasteiger partial charge in [-0.05, 0) is 51.6 Å². The molecule has 1 fully saturated rings. The van der Waals surface area contributed by atoms with E-state index in [0.29, 0.717) is 4.91 Å². The number of thioether (sulfide) groups is 1. The molecule has 1 aliphatic heterocycles. The first-order valence-electron chi connectivity index (χ1n) is 8.82. The first kappa shape index (κ1) is 19.2. The Morgan fingerprint density at radius 1 is 1.19 bits per heavy atom. The van der Waals surface area contributed by atoms with Crippen molar-refractivity contribution >= 4 is 45.9 Å². The minimum atomic E-state index is -0.593. The summed E-state index contributed by atoms with van der Waals surface area (Å²) >= 11 is 0.845. The molecule has 7 heteroatoms. The maximum Gasteiger partial charge on any atom is 0.326 e. The van der Waals surface area contributed by atoms with Gasteiger partial charge >= 0.3 is 5.97 Å². The lowest BCUT2D eigenvalue weighted by Crippen LogP contribution is -2.35. The Morgan fingerprint density at radius 3 is 2.56 bits per heavy atom. The molecular formula is C20H22N2O4S. The molecule has 6 nitrogen and oxygen atoms in total. The zero-order valence-corrected chi connectivity index (χ0v) is 16.6. The molecule has 2 amide bonds. The van der Waals surface area contributed by atoms with Crippen molar-refractivity contribution in [2.45, 2.75) is 39.8 Å². The van der Waals surface area contributed by atoms with Gasteiger partial charge < -0.3 is 9.30 Å².